The summed E-state index contributed by atoms with van der Waals surface area (Å²) in [7, 11) is 0. The van der Waals surface area contributed by atoms with Crippen molar-refractivity contribution in [3.8, 4) is 51.3 Å². The molecule has 0 fully saturated rings. The molecule has 256 valence electrons. The third-order valence-electron chi connectivity index (χ3n) is 10.9. The van der Waals surface area contributed by atoms with E-state index >= 15 is 0 Å². The van der Waals surface area contributed by atoms with E-state index < -0.39 is 0 Å². The fourth-order valence-electron chi connectivity index (χ4n) is 8.30. The van der Waals surface area contributed by atoms with Gasteiger partial charge in [-0.2, -0.15) is 0 Å². The summed E-state index contributed by atoms with van der Waals surface area (Å²) < 4.78 is 15.7. The number of benzene rings is 7. The van der Waals surface area contributed by atoms with Crippen molar-refractivity contribution in [2.75, 3.05) is 0 Å². The molecule has 6 heteroatoms. The Morgan fingerprint density at radius 1 is 0.500 bits per heavy atom. The molecule has 0 N–H and O–H groups in total. The number of hydrogen-bond donors (Lipinski definition) is 0. The molecule has 1 aliphatic heterocycles. The van der Waals surface area contributed by atoms with Crippen LogP contribution in [0.4, 0.5) is 0 Å². The lowest BCUT2D eigenvalue weighted by molar-refractivity contribution is 0.423. The molecule has 0 unspecified atom stereocenters. The van der Waals surface area contributed by atoms with Crippen LogP contribution >= 0.6 is 0 Å². The molecule has 7 aromatic carbocycles. The van der Waals surface area contributed by atoms with E-state index in [1.165, 1.54) is 11.1 Å². The monoisotopic (exact) mass is 696 g/mol. The lowest BCUT2D eigenvalue weighted by Gasteiger charge is -2.34. The maximum atomic E-state index is 6.80. The Labute approximate surface area is 311 Å². The quantitative estimate of drug-likeness (QED) is 0.183. The van der Waals surface area contributed by atoms with Crippen molar-refractivity contribution in [1.29, 1.82) is 0 Å². The second-order valence-electron chi connectivity index (χ2n) is 14.4. The van der Waals surface area contributed by atoms with Gasteiger partial charge in [0.05, 0.1) is 16.4 Å². The number of aromatic nitrogens is 4. The first kappa shape index (κ1) is 30.6. The van der Waals surface area contributed by atoms with Crippen LogP contribution in [0.1, 0.15) is 25.0 Å². The predicted octanol–water partition coefficient (Wildman–Crippen LogP) is 12.3. The molecule has 0 bridgehead atoms. The van der Waals surface area contributed by atoms with Crippen LogP contribution in [0.3, 0.4) is 0 Å². The smallest absolute Gasteiger partial charge is 0.164 e. The number of hydrogen-bond acceptors (Lipinski definition) is 5. The van der Waals surface area contributed by atoms with E-state index in [-0.39, 0.29) is 5.41 Å². The van der Waals surface area contributed by atoms with E-state index in [0.29, 0.717) is 17.5 Å². The Morgan fingerprint density at radius 2 is 1.19 bits per heavy atom. The van der Waals surface area contributed by atoms with Crippen LogP contribution in [0.2, 0.25) is 0 Å². The van der Waals surface area contributed by atoms with E-state index in [9.17, 15) is 0 Å². The van der Waals surface area contributed by atoms with Crippen molar-refractivity contribution in [3.05, 3.63) is 169 Å². The van der Waals surface area contributed by atoms with E-state index in [1.54, 1.807) is 0 Å². The number of fused-ring (bicyclic) bond motifs is 9. The molecule has 3 aromatic heterocycles. The van der Waals surface area contributed by atoms with E-state index in [4.69, 9.17) is 24.1 Å². The topological polar surface area (TPSA) is 66.0 Å². The van der Waals surface area contributed by atoms with Crippen LogP contribution in [0.5, 0.6) is 11.5 Å². The van der Waals surface area contributed by atoms with Crippen molar-refractivity contribution in [3.63, 3.8) is 0 Å². The molecular weight excluding hydrogens is 665 g/mol. The van der Waals surface area contributed by atoms with Gasteiger partial charge in [-0.05, 0) is 42.5 Å². The summed E-state index contributed by atoms with van der Waals surface area (Å²) in [5.41, 5.74) is 9.65. The first-order valence-corrected chi connectivity index (χ1v) is 18.2. The van der Waals surface area contributed by atoms with E-state index in [1.807, 2.05) is 78.9 Å². The van der Waals surface area contributed by atoms with Gasteiger partial charge in [-0.1, -0.05) is 129 Å². The molecule has 1 aliphatic rings. The summed E-state index contributed by atoms with van der Waals surface area (Å²) in [6.07, 6.45) is 0. The Morgan fingerprint density at radius 3 is 1.96 bits per heavy atom. The minimum absolute atomic E-state index is 0.220. The molecule has 0 aliphatic carbocycles. The Kier molecular flexibility index (Phi) is 6.49. The van der Waals surface area contributed by atoms with Gasteiger partial charge in [0.15, 0.2) is 17.5 Å². The molecule has 4 heterocycles. The molecule has 0 spiro atoms. The van der Waals surface area contributed by atoms with Gasteiger partial charge in [0, 0.05) is 55.1 Å². The zero-order valence-corrected chi connectivity index (χ0v) is 29.6. The molecule has 0 radical (unpaired) electrons. The Bertz CT molecular complexity index is 3050. The fraction of sp³-hybridized carbons (Fsp3) is 0.0625. The third kappa shape index (κ3) is 4.50. The largest absolute Gasteiger partial charge is 0.456 e. The van der Waals surface area contributed by atoms with Gasteiger partial charge in [0.25, 0.3) is 0 Å². The minimum Gasteiger partial charge on any atom is -0.456 e. The summed E-state index contributed by atoms with van der Waals surface area (Å²) in [5, 5.41) is 4.19. The van der Waals surface area contributed by atoms with Crippen LogP contribution in [-0.4, -0.2) is 19.5 Å². The molecule has 10 aromatic rings. The lowest BCUT2D eigenvalue weighted by atomic mass is 9.75. The number of para-hydroxylation sites is 2. The van der Waals surface area contributed by atoms with Crippen molar-refractivity contribution in [2.45, 2.75) is 19.3 Å². The van der Waals surface area contributed by atoms with Crippen LogP contribution in [-0.2, 0) is 5.41 Å². The molecule has 6 nitrogen and oxygen atoms in total. The molecule has 0 saturated carbocycles. The molecule has 0 saturated heterocycles. The van der Waals surface area contributed by atoms with Crippen molar-refractivity contribution in [1.82, 2.24) is 19.5 Å². The van der Waals surface area contributed by atoms with Gasteiger partial charge < -0.3 is 13.7 Å². The Hall–Kier alpha value is -7.05. The summed E-state index contributed by atoms with van der Waals surface area (Å²) in [4.78, 5) is 15.1. The van der Waals surface area contributed by atoms with Gasteiger partial charge in [-0.3, -0.25) is 0 Å². The third-order valence-corrected chi connectivity index (χ3v) is 10.9. The summed E-state index contributed by atoms with van der Waals surface area (Å²) >= 11 is 0. The Balaban J connectivity index is 1.14. The zero-order chi connectivity index (χ0) is 36.0. The normalized spacial score (nSPS) is 13.3. The SMILES string of the molecule is CC1(C)c2ccccc2Oc2c1ccc1c2c2ccccc2n1-c1ccc2oc3cccc(-c4nc(-c5ccccc5)nc(-c5ccccc5)n4)c3c2c1. The molecule has 0 atom stereocenters. The first-order valence-electron chi connectivity index (χ1n) is 18.2. The van der Waals surface area contributed by atoms with Gasteiger partial charge in [0.1, 0.15) is 22.7 Å². The number of rotatable bonds is 4. The van der Waals surface area contributed by atoms with Crippen molar-refractivity contribution in [2.24, 2.45) is 0 Å². The second kappa shape index (κ2) is 11.5. The maximum absolute atomic E-state index is 6.80. The maximum Gasteiger partial charge on any atom is 0.164 e. The minimum atomic E-state index is -0.220. The van der Waals surface area contributed by atoms with Crippen molar-refractivity contribution >= 4 is 43.7 Å². The standard InChI is InChI=1S/C48H32N4O2/c1-48(2)35-20-10-12-22-40(35)54-44-36(48)25-26-38-43(44)32-18-9-11-21-37(32)52(38)31-24-27-39-34(28-31)42-33(19-13-23-41(42)53-39)47-50-45(29-14-5-3-6-15-29)49-46(51-47)30-16-7-4-8-17-30/h3-28H,1-2H3. The van der Waals surface area contributed by atoms with E-state index in [0.717, 1.165) is 77.6 Å². The molecule has 11 rings (SSSR count). The molecule has 54 heavy (non-hydrogen) atoms. The van der Waals surface area contributed by atoms with Crippen LogP contribution in [0.15, 0.2) is 162 Å². The lowest BCUT2D eigenvalue weighted by Crippen LogP contribution is -2.24. The highest BCUT2D eigenvalue weighted by Gasteiger charge is 2.36. The van der Waals surface area contributed by atoms with Crippen molar-refractivity contribution < 1.29 is 9.15 Å². The molecule has 0 amide bonds. The van der Waals surface area contributed by atoms with Gasteiger partial charge in [-0.25, -0.2) is 15.0 Å². The summed E-state index contributed by atoms with van der Waals surface area (Å²) in [6.45, 7) is 4.57. The number of ether oxygens (including phenoxy) is 1. The van der Waals surface area contributed by atoms with Gasteiger partial charge in [-0.15, -0.1) is 0 Å². The highest BCUT2D eigenvalue weighted by molar-refractivity contribution is 6.15. The summed E-state index contributed by atoms with van der Waals surface area (Å²) in [6, 6.07) is 54.1. The average Bonchev–Trinajstić information content (AvgIpc) is 3.77. The highest BCUT2D eigenvalue weighted by Crippen LogP contribution is 2.52. The van der Waals surface area contributed by atoms with Gasteiger partial charge >= 0.3 is 0 Å². The van der Waals surface area contributed by atoms with Crippen LogP contribution in [0, 0.1) is 0 Å². The number of nitrogens with zero attached hydrogens (tertiary/aromatic N) is 4. The van der Waals surface area contributed by atoms with Crippen LogP contribution < -0.4 is 4.74 Å². The second-order valence-corrected chi connectivity index (χ2v) is 14.4. The van der Waals surface area contributed by atoms with Gasteiger partial charge in [0.2, 0.25) is 0 Å². The van der Waals surface area contributed by atoms with Crippen LogP contribution in [0.25, 0.3) is 83.6 Å². The van der Waals surface area contributed by atoms with E-state index in [2.05, 4.69) is 97.3 Å². The first-order chi connectivity index (χ1) is 26.5. The highest BCUT2D eigenvalue weighted by atomic mass is 16.5. The predicted molar refractivity (Wildman–Crippen MR) is 216 cm³/mol. The molecular formula is C48H32N4O2. The summed E-state index contributed by atoms with van der Waals surface area (Å²) in [5.74, 6) is 3.65. The zero-order valence-electron chi connectivity index (χ0n) is 29.6. The average molecular weight is 697 g/mol. The number of furan rings is 1. The fourth-order valence-corrected chi connectivity index (χ4v) is 8.30.